The topological polar surface area (TPSA) is 55.2 Å². The lowest BCUT2D eigenvalue weighted by Crippen LogP contribution is -2.03. The van der Waals surface area contributed by atoms with E-state index in [4.69, 9.17) is 0 Å². The van der Waals surface area contributed by atoms with Gasteiger partial charge in [-0.3, -0.25) is 10.1 Å². The molecule has 0 atom stereocenters. The van der Waals surface area contributed by atoms with Crippen molar-refractivity contribution in [1.82, 2.24) is 5.32 Å². The van der Waals surface area contributed by atoms with Crippen molar-refractivity contribution in [2.24, 2.45) is 0 Å². The second-order valence-corrected chi connectivity index (χ2v) is 1.54. The van der Waals surface area contributed by atoms with Crippen molar-refractivity contribution in [3.05, 3.63) is 22.0 Å². The SMILES string of the molecule is CCC(=CNC)[N+](=O)[O-]. The van der Waals surface area contributed by atoms with Crippen molar-refractivity contribution >= 4 is 0 Å². The molecule has 0 saturated carbocycles. The van der Waals surface area contributed by atoms with E-state index in [1.807, 2.05) is 0 Å². The lowest BCUT2D eigenvalue weighted by molar-refractivity contribution is -0.428. The van der Waals surface area contributed by atoms with Gasteiger partial charge in [0.05, 0.1) is 11.1 Å². The van der Waals surface area contributed by atoms with E-state index in [1.54, 1.807) is 14.0 Å². The number of hydrogen-bond donors (Lipinski definition) is 1. The summed E-state index contributed by atoms with van der Waals surface area (Å²) >= 11 is 0. The highest BCUT2D eigenvalue weighted by Gasteiger charge is 2.03. The first kappa shape index (κ1) is 7.94. The number of hydrogen-bond acceptors (Lipinski definition) is 3. The average Bonchev–Trinajstić information content (AvgIpc) is 1.82. The molecule has 0 spiro atoms. The molecule has 0 amide bonds. The Morgan fingerprint density at radius 2 is 2.44 bits per heavy atom. The van der Waals surface area contributed by atoms with E-state index in [2.05, 4.69) is 5.32 Å². The van der Waals surface area contributed by atoms with Gasteiger partial charge in [-0.1, -0.05) is 6.92 Å². The molecule has 0 aromatic rings. The summed E-state index contributed by atoms with van der Waals surface area (Å²) in [7, 11) is 1.64. The fraction of sp³-hybridized carbons (Fsp3) is 0.600. The van der Waals surface area contributed by atoms with Gasteiger partial charge in [0, 0.05) is 13.5 Å². The highest BCUT2D eigenvalue weighted by Crippen LogP contribution is 1.97. The van der Waals surface area contributed by atoms with Gasteiger partial charge in [-0.05, 0) is 0 Å². The lowest BCUT2D eigenvalue weighted by atomic mass is 10.4. The molecule has 0 saturated heterocycles. The molecule has 0 rings (SSSR count). The molecular formula is C5H10N2O2. The Bertz CT molecular complexity index is 131. The molecule has 0 fully saturated rings. The molecule has 52 valence electrons. The van der Waals surface area contributed by atoms with Crippen molar-refractivity contribution in [1.29, 1.82) is 0 Å². The van der Waals surface area contributed by atoms with E-state index < -0.39 is 4.92 Å². The summed E-state index contributed by atoms with van der Waals surface area (Å²) in [5.41, 5.74) is 0.206. The van der Waals surface area contributed by atoms with Crippen LogP contribution in [-0.2, 0) is 0 Å². The van der Waals surface area contributed by atoms with Crippen LogP contribution in [0, 0.1) is 10.1 Å². The molecule has 4 nitrogen and oxygen atoms in total. The standard InChI is InChI=1S/C5H10N2O2/c1-3-5(4-6-2)7(8)9/h4,6H,3H2,1-2H3. The van der Waals surface area contributed by atoms with Gasteiger partial charge in [0.25, 0.3) is 5.70 Å². The van der Waals surface area contributed by atoms with E-state index in [0.717, 1.165) is 0 Å². The van der Waals surface area contributed by atoms with Crippen LogP contribution in [0.3, 0.4) is 0 Å². The summed E-state index contributed by atoms with van der Waals surface area (Å²) in [5.74, 6) is 0. The van der Waals surface area contributed by atoms with Crippen molar-refractivity contribution in [2.45, 2.75) is 13.3 Å². The van der Waals surface area contributed by atoms with Crippen LogP contribution in [0.25, 0.3) is 0 Å². The van der Waals surface area contributed by atoms with Crippen LogP contribution in [-0.4, -0.2) is 12.0 Å². The van der Waals surface area contributed by atoms with Crippen LogP contribution in [0.5, 0.6) is 0 Å². The molecule has 0 bridgehead atoms. The van der Waals surface area contributed by atoms with E-state index in [9.17, 15) is 10.1 Å². The van der Waals surface area contributed by atoms with Gasteiger partial charge in [0.2, 0.25) is 0 Å². The number of rotatable bonds is 3. The third-order valence-electron chi connectivity index (χ3n) is 0.908. The van der Waals surface area contributed by atoms with Crippen LogP contribution >= 0.6 is 0 Å². The Hall–Kier alpha value is -1.06. The van der Waals surface area contributed by atoms with Gasteiger partial charge >= 0.3 is 0 Å². The van der Waals surface area contributed by atoms with Crippen molar-refractivity contribution in [3.8, 4) is 0 Å². The molecule has 9 heavy (non-hydrogen) atoms. The highest BCUT2D eigenvalue weighted by molar-refractivity contribution is 4.87. The first-order chi connectivity index (χ1) is 4.22. The molecular weight excluding hydrogens is 120 g/mol. The normalized spacial score (nSPS) is 11.1. The van der Waals surface area contributed by atoms with Crippen LogP contribution in [0.1, 0.15) is 13.3 Å². The molecule has 4 heteroatoms. The zero-order valence-electron chi connectivity index (χ0n) is 5.55. The molecule has 0 aromatic carbocycles. The second-order valence-electron chi connectivity index (χ2n) is 1.54. The maximum atomic E-state index is 10.0. The molecule has 1 N–H and O–H groups in total. The van der Waals surface area contributed by atoms with Gasteiger partial charge < -0.3 is 5.32 Å². The van der Waals surface area contributed by atoms with Gasteiger partial charge in [-0.2, -0.15) is 0 Å². The molecule has 0 heterocycles. The van der Waals surface area contributed by atoms with Crippen molar-refractivity contribution in [2.75, 3.05) is 7.05 Å². The smallest absolute Gasteiger partial charge is 0.261 e. The lowest BCUT2D eigenvalue weighted by Gasteiger charge is -1.91. The van der Waals surface area contributed by atoms with Gasteiger partial charge in [0.15, 0.2) is 0 Å². The number of nitrogens with one attached hydrogen (secondary N) is 1. The largest absolute Gasteiger partial charge is 0.389 e. The minimum atomic E-state index is -0.392. The van der Waals surface area contributed by atoms with Gasteiger partial charge in [-0.15, -0.1) is 0 Å². The second kappa shape index (κ2) is 3.88. The highest BCUT2D eigenvalue weighted by atomic mass is 16.6. The van der Waals surface area contributed by atoms with Crippen LogP contribution < -0.4 is 5.32 Å². The summed E-state index contributed by atoms with van der Waals surface area (Å²) in [4.78, 5) is 9.63. The quantitative estimate of drug-likeness (QED) is 0.452. The Balaban J connectivity index is 3.98. The predicted octanol–water partition coefficient (Wildman–Crippen LogP) is 0.734. The van der Waals surface area contributed by atoms with Crippen LogP contribution in [0.15, 0.2) is 11.9 Å². The van der Waals surface area contributed by atoms with Crippen LogP contribution in [0.4, 0.5) is 0 Å². The number of nitrogens with zero attached hydrogens (tertiary/aromatic N) is 1. The number of allylic oxidation sites excluding steroid dienone is 1. The maximum Gasteiger partial charge on any atom is 0.261 e. The summed E-state index contributed by atoms with van der Waals surface area (Å²) in [6, 6.07) is 0. The monoisotopic (exact) mass is 130 g/mol. The molecule has 0 aliphatic rings. The van der Waals surface area contributed by atoms with Crippen LogP contribution in [0.2, 0.25) is 0 Å². The average molecular weight is 130 g/mol. The summed E-state index contributed by atoms with van der Waals surface area (Å²) < 4.78 is 0. The van der Waals surface area contributed by atoms with Gasteiger partial charge in [-0.25, -0.2) is 0 Å². The first-order valence-electron chi connectivity index (χ1n) is 2.73. The first-order valence-corrected chi connectivity index (χ1v) is 2.73. The van der Waals surface area contributed by atoms with Crippen molar-refractivity contribution in [3.63, 3.8) is 0 Å². The third-order valence-corrected chi connectivity index (χ3v) is 0.908. The van der Waals surface area contributed by atoms with E-state index in [1.165, 1.54) is 6.20 Å². The Morgan fingerprint density at radius 3 is 2.56 bits per heavy atom. The fourth-order valence-corrected chi connectivity index (χ4v) is 0.450. The minimum absolute atomic E-state index is 0.206. The van der Waals surface area contributed by atoms with E-state index in [0.29, 0.717) is 6.42 Å². The summed E-state index contributed by atoms with van der Waals surface area (Å²) in [5, 5.41) is 12.6. The Kier molecular flexibility index (Phi) is 3.43. The number of nitro groups is 1. The molecule has 0 radical (unpaired) electrons. The zero-order chi connectivity index (χ0) is 7.28. The third kappa shape index (κ3) is 2.69. The maximum absolute atomic E-state index is 10.0. The molecule has 0 aliphatic heterocycles. The Morgan fingerprint density at radius 1 is 1.89 bits per heavy atom. The molecule has 0 aromatic heterocycles. The zero-order valence-corrected chi connectivity index (χ0v) is 5.55. The molecule has 0 aliphatic carbocycles. The van der Waals surface area contributed by atoms with E-state index >= 15 is 0 Å². The van der Waals surface area contributed by atoms with E-state index in [-0.39, 0.29) is 5.70 Å². The Labute approximate surface area is 53.7 Å². The fourth-order valence-electron chi connectivity index (χ4n) is 0.450. The minimum Gasteiger partial charge on any atom is -0.389 e. The molecule has 0 unspecified atom stereocenters. The summed E-state index contributed by atoms with van der Waals surface area (Å²) in [6.07, 6.45) is 1.84. The predicted molar refractivity (Wildman–Crippen MR) is 34.4 cm³/mol. The van der Waals surface area contributed by atoms with Crippen molar-refractivity contribution < 1.29 is 4.92 Å². The van der Waals surface area contributed by atoms with Gasteiger partial charge in [0.1, 0.15) is 0 Å². The summed E-state index contributed by atoms with van der Waals surface area (Å²) in [6.45, 7) is 1.74.